The minimum absolute atomic E-state index is 0.132. The van der Waals surface area contributed by atoms with Gasteiger partial charge in [-0.1, -0.05) is 12.1 Å². The van der Waals surface area contributed by atoms with Crippen LogP contribution in [0.5, 0.6) is 5.75 Å². The van der Waals surface area contributed by atoms with Crippen LogP contribution in [-0.4, -0.2) is 22.7 Å². The lowest BCUT2D eigenvalue weighted by Crippen LogP contribution is -1.95. The topological polar surface area (TPSA) is 73.8 Å². The number of hydrogen-bond donors (Lipinski definition) is 0. The van der Waals surface area contributed by atoms with Crippen molar-refractivity contribution in [2.45, 2.75) is 0 Å². The van der Waals surface area contributed by atoms with Gasteiger partial charge in [-0.3, -0.25) is 14.9 Å². The van der Waals surface area contributed by atoms with E-state index in [1.165, 1.54) is 19.2 Å². The molecule has 0 bridgehead atoms. The summed E-state index contributed by atoms with van der Waals surface area (Å²) in [5.74, 6) is 0.185. The predicted octanol–water partition coefficient (Wildman–Crippen LogP) is 3.34. The fraction of sp³-hybridized carbons (Fsp3) is 0.0625. The SMILES string of the molecule is COc1ccc(-c2cc3ccccn3c2C=O)cc1[N+](=O)[O-]. The Labute approximate surface area is 125 Å². The molecule has 110 valence electrons. The Morgan fingerprint density at radius 3 is 2.73 bits per heavy atom. The second-order valence-corrected chi connectivity index (χ2v) is 4.70. The number of aldehydes is 1. The van der Waals surface area contributed by atoms with E-state index in [0.29, 0.717) is 16.8 Å². The van der Waals surface area contributed by atoms with Gasteiger partial charge in [0.2, 0.25) is 0 Å². The van der Waals surface area contributed by atoms with E-state index in [1.54, 1.807) is 16.7 Å². The largest absolute Gasteiger partial charge is 0.490 e. The maximum Gasteiger partial charge on any atom is 0.311 e. The van der Waals surface area contributed by atoms with Crippen molar-refractivity contribution in [3.63, 3.8) is 0 Å². The first-order chi connectivity index (χ1) is 10.7. The van der Waals surface area contributed by atoms with E-state index in [-0.39, 0.29) is 11.4 Å². The molecule has 3 aromatic rings. The summed E-state index contributed by atoms with van der Waals surface area (Å²) in [6.07, 6.45) is 2.53. The number of fused-ring (bicyclic) bond motifs is 1. The Hall–Kier alpha value is -3.15. The monoisotopic (exact) mass is 296 g/mol. The number of rotatable bonds is 4. The van der Waals surface area contributed by atoms with Crippen molar-refractivity contribution >= 4 is 17.5 Å². The third-order valence-electron chi connectivity index (χ3n) is 3.52. The molecule has 2 heterocycles. The number of nitrogens with zero attached hydrogens (tertiary/aromatic N) is 2. The van der Waals surface area contributed by atoms with Crippen LogP contribution < -0.4 is 4.74 Å². The summed E-state index contributed by atoms with van der Waals surface area (Å²) >= 11 is 0. The van der Waals surface area contributed by atoms with Crippen LogP contribution in [0, 0.1) is 10.1 Å². The highest BCUT2D eigenvalue weighted by molar-refractivity contribution is 5.90. The second-order valence-electron chi connectivity index (χ2n) is 4.70. The fourth-order valence-electron chi connectivity index (χ4n) is 2.50. The van der Waals surface area contributed by atoms with E-state index in [0.717, 1.165) is 11.8 Å². The van der Waals surface area contributed by atoms with E-state index in [1.807, 2.05) is 24.3 Å². The van der Waals surface area contributed by atoms with Gasteiger partial charge in [-0.25, -0.2) is 0 Å². The summed E-state index contributed by atoms with van der Waals surface area (Å²) < 4.78 is 6.74. The summed E-state index contributed by atoms with van der Waals surface area (Å²) in [6.45, 7) is 0. The summed E-state index contributed by atoms with van der Waals surface area (Å²) in [5, 5.41) is 11.1. The zero-order valence-corrected chi connectivity index (χ0v) is 11.7. The number of aromatic nitrogens is 1. The molecule has 0 aliphatic carbocycles. The van der Waals surface area contributed by atoms with Crippen LogP contribution in [0.15, 0.2) is 48.7 Å². The highest BCUT2D eigenvalue weighted by Crippen LogP contribution is 2.34. The maximum atomic E-state index is 11.4. The van der Waals surface area contributed by atoms with Crippen LogP contribution in [0.1, 0.15) is 10.5 Å². The zero-order chi connectivity index (χ0) is 15.7. The quantitative estimate of drug-likeness (QED) is 0.420. The minimum atomic E-state index is -0.501. The van der Waals surface area contributed by atoms with Gasteiger partial charge in [0.05, 0.1) is 17.7 Å². The van der Waals surface area contributed by atoms with Gasteiger partial charge in [-0.15, -0.1) is 0 Å². The lowest BCUT2D eigenvalue weighted by atomic mass is 10.1. The Kier molecular flexibility index (Phi) is 3.34. The molecule has 22 heavy (non-hydrogen) atoms. The van der Waals surface area contributed by atoms with E-state index in [2.05, 4.69) is 0 Å². The van der Waals surface area contributed by atoms with E-state index in [4.69, 9.17) is 4.74 Å². The first kappa shape index (κ1) is 13.8. The smallest absolute Gasteiger partial charge is 0.311 e. The summed E-state index contributed by atoms with van der Waals surface area (Å²) in [7, 11) is 1.38. The molecular weight excluding hydrogens is 284 g/mol. The number of nitro benzene ring substituents is 1. The Bertz CT molecular complexity index is 883. The zero-order valence-electron chi connectivity index (χ0n) is 11.7. The normalized spacial score (nSPS) is 10.6. The standard InChI is InChI=1S/C16H12N2O4/c1-22-16-6-5-11(8-14(16)18(20)21)13-9-12-4-2-3-7-17(12)15(13)10-19/h2-10H,1H3. The molecule has 6 nitrogen and oxygen atoms in total. The van der Waals surface area contributed by atoms with E-state index >= 15 is 0 Å². The van der Waals surface area contributed by atoms with Crippen molar-refractivity contribution in [3.05, 3.63) is 64.5 Å². The van der Waals surface area contributed by atoms with Gasteiger partial charge in [0.25, 0.3) is 0 Å². The maximum absolute atomic E-state index is 11.4. The van der Waals surface area contributed by atoms with Crippen molar-refractivity contribution < 1.29 is 14.5 Å². The van der Waals surface area contributed by atoms with Crippen molar-refractivity contribution in [2.24, 2.45) is 0 Å². The predicted molar refractivity (Wildman–Crippen MR) is 81.4 cm³/mol. The van der Waals surface area contributed by atoms with Crippen LogP contribution in [0.4, 0.5) is 5.69 Å². The number of nitro groups is 1. The van der Waals surface area contributed by atoms with Crippen LogP contribution in [-0.2, 0) is 0 Å². The molecule has 1 aromatic carbocycles. The number of pyridine rings is 1. The van der Waals surface area contributed by atoms with Gasteiger partial charge >= 0.3 is 5.69 Å². The molecule has 3 rings (SSSR count). The molecule has 0 aliphatic rings. The first-order valence-electron chi connectivity index (χ1n) is 6.53. The van der Waals surface area contributed by atoms with Gasteiger partial charge in [-0.05, 0) is 29.8 Å². The van der Waals surface area contributed by atoms with Gasteiger partial charge in [0, 0.05) is 23.3 Å². The van der Waals surface area contributed by atoms with Crippen LogP contribution >= 0.6 is 0 Å². The second kappa shape index (κ2) is 5.33. The Balaban J connectivity index is 2.25. The van der Waals surface area contributed by atoms with Gasteiger partial charge < -0.3 is 9.14 Å². The summed E-state index contributed by atoms with van der Waals surface area (Å²) in [6, 6.07) is 12.0. The molecule has 6 heteroatoms. The molecule has 0 saturated heterocycles. The summed E-state index contributed by atoms with van der Waals surface area (Å²) in [4.78, 5) is 22.1. The van der Waals surface area contributed by atoms with Gasteiger partial charge in [0.15, 0.2) is 12.0 Å². The van der Waals surface area contributed by atoms with Crippen LogP contribution in [0.2, 0.25) is 0 Å². The molecule has 0 radical (unpaired) electrons. The minimum Gasteiger partial charge on any atom is -0.490 e. The molecular formula is C16H12N2O4. The lowest BCUT2D eigenvalue weighted by molar-refractivity contribution is -0.385. The lowest BCUT2D eigenvalue weighted by Gasteiger charge is -2.05. The Morgan fingerprint density at radius 2 is 2.05 bits per heavy atom. The highest BCUT2D eigenvalue weighted by atomic mass is 16.6. The number of carbonyl (C=O) groups is 1. The van der Waals surface area contributed by atoms with Crippen LogP contribution in [0.25, 0.3) is 16.6 Å². The van der Waals surface area contributed by atoms with Crippen molar-refractivity contribution in [3.8, 4) is 16.9 Å². The van der Waals surface area contributed by atoms with Crippen molar-refractivity contribution in [1.29, 1.82) is 0 Å². The highest BCUT2D eigenvalue weighted by Gasteiger charge is 2.18. The number of benzene rings is 1. The van der Waals surface area contributed by atoms with Crippen LogP contribution in [0.3, 0.4) is 0 Å². The number of methoxy groups -OCH3 is 1. The van der Waals surface area contributed by atoms with Crippen molar-refractivity contribution in [1.82, 2.24) is 4.40 Å². The Morgan fingerprint density at radius 1 is 1.23 bits per heavy atom. The summed E-state index contributed by atoms with van der Waals surface area (Å²) in [5.41, 5.74) is 2.41. The van der Waals surface area contributed by atoms with Crippen molar-refractivity contribution in [2.75, 3.05) is 7.11 Å². The average molecular weight is 296 g/mol. The number of ether oxygens (including phenoxy) is 1. The number of hydrogen-bond acceptors (Lipinski definition) is 4. The molecule has 0 atom stereocenters. The molecule has 0 spiro atoms. The van der Waals surface area contributed by atoms with E-state index in [9.17, 15) is 14.9 Å². The van der Waals surface area contributed by atoms with Gasteiger partial charge in [-0.2, -0.15) is 0 Å². The first-order valence-corrected chi connectivity index (χ1v) is 6.53. The molecule has 0 fully saturated rings. The fourth-order valence-corrected chi connectivity index (χ4v) is 2.50. The molecule has 0 saturated carbocycles. The average Bonchev–Trinajstić information content (AvgIpc) is 2.92. The van der Waals surface area contributed by atoms with E-state index < -0.39 is 4.92 Å². The third kappa shape index (κ3) is 2.10. The third-order valence-corrected chi connectivity index (χ3v) is 3.52. The molecule has 0 aliphatic heterocycles. The molecule has 2 aromatic heterocycles. The van der Waals surface area contributed by atoms with Gasteiger partial charge in [0.1, 0.15) is 0 Å². The molecule has 0 unspecified atom stereocenters. The number of carbonyl (C=O) groups excluding carboxylic acids is 1. The molecule has 0 N–H and O–H groups in total. The molecule has 0 amide bonds.